The molecule has 3 rings (SSSR count). The molecule has 1 aliphatic carbocycles. The maximum Gasteiger partial charge on any atom is 0.236 e. The van der Waals surface area contributed by atoms with Gasteiger partial charge >= 0.3 is 0 Å². The third-order valence-corrected chi connectivity index (χ3v) is 5.33. The second kappa shape index (κ2) is 5.99. The minimum atomic E-state index is -0.327. The van der Waals surface area contributed by atoms with Crippen LogP contribution in [0, 0.1) is 17.3 Å². The summed E-state index contributed by atoms with van der Waals surface area (Å²) in [6.45, 7) is 2.54. The number of likely N-dealkylation sites (tertiary alicyclic amines) is 1. The van der Waals surface area contributed by atoms with E-state index in [1.165, 1.54) is 5.56 Å². The van der Waals surface area contributed by atoms with Gasteiger partial charge in [-0.25, -0.2) is 0 Å². The van der Waals surface area contributed by atoms with E-state index in [1.807, 2.05) is 35.0 Å². The van der Waals surface area contributed by atoms with Gasteiger partial charge in [-0.05, 0) is 24.4 Å². The third-order valence-electron chi connectivity index (χ3n) is 5.33. The number of nitrogens with zero attached hydrogens (tertiary/aromatic N) is 2. The van der Waals surface area contributed by atoms with Crippen LogP contribution in [0.3, 0.4) is 0 Å². The Bertz CT molecular complexity index is 516. The van der Waals surface area contributed by atoms with Crippen molar-refractivity contribution in [1.82, 2.24) is 9.80 Å². The minimum absolute atomic E-state index is 0.0226. The van der Waals surface area contributed by atoms with Gasteiger partial charge in [0.05, 0.1) is 19.8 Å². The van der Waals surface area contributed by atoms with Crippen LogP contribution in [-0.2, 0) is 11.3 Å². The van der Waals surface area contributed by atoms with E-state index in [9.17, 15) is 15.0 Å². The van der Waals surface area contributed by atoms with Crippen LogP contribution in [-0.4, -0.2) is 65.8 Å². The molecule has 2 N–H and O–H groups in total. The number of aliphatic hydroxyl groups is 2. The van der Waals surface area contributed by atoms with Crippen molar-refractivity contribution in [2.24, 2.45) is 17.3 Å². The average Bonchev–Trinajstić information content (AvgIpc) is 2.89. The van der Waals surface area contributed by atoms with Gasteiger partial charge in [0.25, 0.3) is 0 Å². The van der Waals surface area contributed by atoms with Gasteiger partial charge in [-0.3, -0.25) is 9.69 Å². The van der Waals surface area contributed by atoms with Crippen molar-refractivity contribution in [3.05, 3.63) is 35.9 Å². The van der Waals surface area contributed by atoms with Crippen LogP contribution >= 0.6 is 0 Å². The summed E-state index contributed by atoms with van der Waals surface area (Å²) in [5.41, 5.74) is 0.869. The van der Waals surface area contributed by atoms with Crippen LogP contribution in [0.2, 0.25) is 0 Å². The number of carbonyl (C=O) groups excluding carboxylic acids is 1. The molecule has 0 bridgehead atoms. The summed E-state index contributed by atoms with van der Waals surface area (Å²) in [7, 11) is 1.95. The monoisotopic (exact) mass is 304 g/mol. The summed E-state index contributed by atoms with van der Waals surface area (Å²) in [4.78, 5) is 16.3. The minimum Gasteiger partial charge on any atom is -0.396 e. The van der Waals surface area contributed by atoms with Crippen molar-refractivity contribution in [2.45, 2.75) is 6.54 Å². The molecular weight excluding hydrogens is 280 g/mol. The molecule has 1 saturated heterocycles. The zero-order valence-corrected chi connectivity index (χ0v) is 13.0. The van der Waals surface area contributed by atoms with Gasteiger partial charge in [-0.2, -0.15) is 0 Å². The van der Waals surface area contributed by atoms with Crippen LogP contribution in [0.4, 0.5) is 0 Å². The molecule has 0 aromatic heterocycles. The average molecular weight is 304 g/mol. The molecule has 5 nitrogen and oxygen atoms in total. The van der Waals surface area contributed by atoms with Gasteiger partial charge < -0.3 is 15.1 Å². The number of amides is 1. The highest BCUT2D eigenvalue weighted by atomic mass is 16.3. The lowest BCUT2D eigenvalue weighted by molar-refractivity contribution is -0.132. The highest BCUT2D eigenvalue weighted by Gasteiger charge is 2.67. The Morgan fingerprint density at radius 3 is 2.36 bits per heavy atom. The van der Waals surface area contributed by atoms with Gasteiger partial charge in [-0.15, -0.1) is 0 Å². The Labute approximate surface area is 131 Å². The Morgan fingerprint density at radius 1 is 1.23 bits per heavy atom. The summed E-state index contributed by atoms with van der Waals surface area (Å²) in [6, 6.07) is 10.1. The molecular formula is C17H24N2O3. The first kappa shape index (κ1) is 15.5. The van der Waals surface area contributed by atoms with Crippen molar-refractivity contribution < 1.29 is 15.0 Å². The smallest absolute Gasteiger partial charge is 0.236 e. The van der Waals surface area contributed by atoms with E-state index in [4.69, 9.17) is 0 Å². The zero-order chi connectivity index (χ0) is 15.7. The summed E-state index contributed by atoms with van der Waals surface area (Å²) in [6.07, 6.45) is 0. The number of hydrogen-bond donors (Lipinski definition) is 2. The van der Waals surface area contributed by atoms with Crippen molar-refractivity contribution in [2.75, 3.05) is 39.9 Å². The van der Waals surface area contributed by atoms with Crippen molar-refractivity contribution in [3.8, 4) is 0 Å². The van der Waals surface area contributed by atoms with Crippen LogP contribution in [0.1, 0.15) is 5.56 Å². The lowest BCUT2D eigenvalue weighted by Crippen LogP contribution is -2.41. The standard InChI is InChI=1S/C17H24N2O3/c1-18(7-13-5-3-2-4-6-13)10-16(22)19-8-14-15(9-19)17(14,11-20)12-21/h2-6,14-15,20-21H,7-12H2,1H3. The number of fused-ring (bicyclic) bond motifs is 1. The summed E-state index contributed by atoms with van der Waals surface area (Å²) in [5.74, 6) is 0.673. The summed E-state index contributed by atoms with van der Waals surface area (Å²) >= 11 is 0. The molecule has 22 heavy (non-hydrogen) atoms. The molecule has 1 aliphatic heterocycles. The topological polar surface area (TPSA) is 64.0 Å². The first-order valence-electron chi connectivity index (χ1n) is 7.82. The SMILES string of the molecule is CN(CC(=O)N1CC2C(C1)C2(CO)CO)Cc1ccccc1. The van der Waals surface area contributed by atoms with E-state index in [0.29, 0.717) is 19.6 Å². The molecule has 2 unspecified atom stereocenters. The van der Waals surface area contributed by atoms with Gasteiger partial charge in [0.2, 0.25) is 5.91 Å². The molecule has 2 atom stereocenters. The largest absolute Gasteiger partial charge is 0.396 e. The van der Waals surface area contributed by atoms with Crippen LogP contribution in [0.25, 0.3) is 0 Å². The molecule has 0 radical (unpaired) electrons. The Hall–Kier alpha value is -1.43. The van der Waals surface area contributed by atoms with Crippen LogP contribution in [0.15, 0.2) is 30.3 Å². The predicted octanol–water partition coefficient (Wildman–Crippen LogP) is 0.178. The number of piperidine rings is 1. The van der Waals surface area contributed by atoms with E-state index in [0.717, 1.165) is 6.54 Å². The molecule has 1 amide bonds. The molecule has 1 aromatic rings. The second-order valence-electron chi connectivity index (χ2n) is 6.72. The summed E-state index contributed by atoms with van der Waals surface area (Å²) in [5, 5.41) is 18.9. The Morgan fingerprint density at radius 2 is 1.82 bits per heavy atom. The fourth-order valence-corrected chi connectivity index (χ4v) is 3.84. The number of likely N-dealkylation sites (N-methyl/N-ethyl adjacent to an activating group) is 1. The zero-order valence-electron chi connectivity index (χ0n) is 13.0. The fraction of sp³-hybridized carbons (Fsp3) is 0.588. The van der Waals surface area contributed by atoms with E-state index in [2.05, 4.69) is 12.1 Å². The molecule has 2 fully saturated rings. The molecule has 120 valence electrons. The number of carbonyl (C=O) groups is 1. The second-order valence-corrected chi connectivity index (χ2v) is 6.72. The van der Waals surface area contributed by atoms with E-state index >= 15 is 0 Å². The number of hydrogen-bond acceptors (Lipinski definition) is 4. The van der Waals surface area contributed by atoms with Gasteiger partial charge in [0, 0.05) is 25.0 Å². The maximum absolute atomic E-state index is 12.4. The van der Waals surface area contributed by atoms with E-state index < -0.39 is 0 Å². The first-order valence-corrected chi connectivity index (χ1v) is 7.82. The first-order chi connectivity index (χ1) is 10.6. The van der Waals surface area contributed by atoms with Crippen molar-refractivity contribution >= 4 is 5.91 Å². The van der Waals surface area contributed by atoms with E-state index in [1.54, 1.807) is 0 Å². The fourth-order valence-electron chi connectivity index (χ4n) is 3.84. The van der Waals surface area contributed by atoms with Crippen molar-refractivity contribution in [3.63, 3.8) is 0 Å². The number of aliphatic hydroxyl groups excluding tert-OH is 2. The third kappa shape index (κ3) is 2.64. The molecule has 1 heterocycles. The molecule has 0 spiro atoms. The van der Waals surface area contributed by atoms with Gasteiger partial charge in [0.1, 0.15) is 0 Å². The van der Waals surface area contributed by atoms with E-state index in [-0.39, 0.29) is 36.4 Å². The Balaban J connectivity index is 1.48. The van der Waals surface area contributed by atoms with Gasteiger partial charge in [-0.1, -0.05) is 30.3 Å². The summed E-state index contributed by atoms with van der Waals surface area (Å²) < 4.78 is 0. The van der Waals surface area contributed by atoms with Crippen LogP contribution in [0.5, 0.6) is 0 Å². The molecule has 1 saturated carbocycles. The lowest BCUT2D eigenvalue weighted by atomic mass is 10.0. The maximum atomic E-state index is 12.4. The molecule has 5 heteroatoms. The van der Waals surface area contributed by atoms with Gasteiger partial charge in [0.15, 0.2) is 0 Å². The highest BCUT2D eigenvalue weighted by molar-refractivity contribution is 5.79. The highest BCUT2D eigenvalue weighted by Crippen LogP contribution is 2.61. The normalized spacial score (nSPS) is 25.4. The molecule has 2 aliphatic rings. The molecule has 1 aromatic carbocycles. The number of benzene rings is 1. The van der Waals surface area contributed by atoms with Crippen LogP contribution < -0.4 is 0 Å². The quantitative estimate of drug-likeness (QED) is 0.787. The lowest BCUT2D eigenvalue weighted by Gasteiger charge is -2.26. The number of rotatable bonds is 6. The Kier molecular flexibility index (Phi) is 4.21. The predicted molar refractivity (Wildman–Crippen MR) is 82.9 cm³/mol. The van der Waals surface area contributed by atoms with Crippen molar-refractivity contribution in [1.29, 1.82) is 0 Å².